The molecule has 0 amide bonds. The molecule has 0 saturated carbocycles. The van der Waals surface area contributed by atoms with Crippen molar-refractivity contribution in [1.82, 2.24) is 4.98 Å². The summed E-state index contributed by atoms with van der Waals surface area (Å²) in [6, 6.07) is 3.90. The predicted octanol–water partition coefficient (Wildman–Crippen LogP) is 2.24. The molecule has 0 saturated heterocycles. The average Bonchev–Trinajstić information content (AvgIpc) is 2.41. The first-order chi connectivity index (χ1) is 9.09. The number of nitrogens with two attached hydrogens (primary N) is 1. The summed E-state index contributed by atoms with van der Waals surface area (Å²) >= 11 is 0. The van der Waals surface area contributed by atoms with Crippen LogP contribution in [0.3, 0.4) is 0 Å². The lowest BCUT2D eigenvalue weighted by atomic mass is 9.78. The minimum atomic E-state index is -0.649. The molecule has 0 aliphatic heterocycles. The highest BCUT2D eigenvalue weighted by molar-refractivity contribution is 5.77. The van der Waals surface area contributed by atoms with Gasteiger partial charge in [-0.2, -0.15) is 0 Å². The van der Waals surface area contributed by atoms with Crippen molar-refractivity contribution in [1.29, 1.82) is 0 Å². The van der Waals surface area contributed by atoms with Crippen molar-refractivity contribution in [3.63, 3.8) is 0 Å². The fourth-order valence-corrected chi connectivity index (χ4v) is 2.31. The Bertz CT molecular complexity index is 420. The van der Waals surface area contributed by atoms with Gasteiger partial charge in [-0.15, -0.1) is 0 Å². The van der Waals surface area contributed by atoms with Crippen molar-refractivity contribution < 1.29 is 9.53 Å². The molecule has 0 aliphatic rings. The van der Waals surface area contributed by atoms with E-state index in [2.05, 4.69) is 11.9 Å². The van der Waals surface area contributed by atoms with E-state index in [9.17, 15) is 4.79 Å². The molecule has 4 heteroatoms. The van der Waals surface area contributed by atoms with Crippen LogP contribution < -0.4 is 5.73 Å². The van der Waals surface area contributed by atoms with E-state index in [1.807, 2.05) is 26.0 Å². The molecule has 0 aromatic carbocycles. The number of carbonyl (C=O) groups excluding carboxylic acids is 1. The summed E-state index contributed by atoms with van der Waals surface area (Å²) in [4.78, 5) is 16.6. The normalized spacial score (nSPS) is 13.9. The zero-order valence-corrected chi connectivity index (χ0v) is 12.1. The Morgan fingerprint density at radius 1 is 1.47 bits per heavy atom. The van der Waals surface area contributed by atoms with Gasteiger partial charge in [0.15, 0.2) is 0 Å². The maximum Gasteiger partial charge on any atom is 0.313 e. The zero-order valence-electron chi connectivity index (χ0n) is 12.1. The topological polar surface area (TPSA) is 65.2 Å². The van der Waals surface area contributed by atoms with E-state index in [4.69, 9.17) is 10.5 Å². The second kappa shape index (κ2) is 7.24. The van der Waals surface area contributed by atoms with Gasteiger partial charge in [-0.3, -0.25) is 9.78 Å². The first-order valence-electron chi connectivity index (χ1n) is 6.87. The smallest absolute Gasteiger partial charge is 0.313 e. The van der Waals surface area contributed by atoms with Gasteiger partial charge in [-0.1, -0.05) is 19.4 Å². The van der Waals surface area contributed by atoms with Crippen molar-refractivity contribution in [2.24, 2.45) is 11.1 Å². The van der Waals surface area contributed by atoms with Gasteiger partial charge < -0.3 is 10.5 Å². The number of rotatable bonds is 7. The standard InChI is InChI=1S/C15H24N2O2/c1-4-8-15(11-16,14(18)19-5-2)10-13-12(3)7-6-9-17-13/h6-7,9H,4-5,8,10-11,16H2,1-3H3. The first kappa shape index (κ1) is 15.6. The number of hydrogen-bond acceptors (Lipinski definition) is 4. The summed E-state index contributed by atoms with van der Waals surface area (Å²) in [5.41, 5.74) is 7.25. The quantitative estimate of drug-likeness (QED) is 0.767. The molecule has 1 heterocycles. The first-order valence-corrected chi connectivity index (χ1v) is 6.87. The maximum absolute atomic E-state index is 12.3. The third-order valence-electron chi connectivity index (χ3n) is 3.45. The van der Waals surface area contributed by atoms with Crippen molar-refractivity contribution in [2.45, 2.75) is 40.0 Å². The summed E-state index contributed by atoms with van der Waals surface area (Å²) in [5, 5.41) is 0. The van der Waals surface area contributed by atoms with E-state index in [0.717, 1.165) is 24.1 Å². The molecule has 2 N–H and O–H groups in total. The highest BCUT2D eigenvalue weighted by Gasteiger charge is 2.38. The fourth-order valence-electron chi connectivity index (χ4n) is 2.31. The molecular weight excluding hydrogens is 240 g/mol. The summed E-state index contributed by atoms with van der Waals surface area (Å²) in [5.74, 6) is -0.204. The molecule has 0 radical (unpaired) electrons. The van der Waals surface area contributed by atoms with Crippen LogP contribution in [0.2, 0.25) is 0 Å². The molecule has 0 bridgehead atoms. The number of carbonyl (C=O) groups is 1. The van der Waals surface area contributed by atoms with Crippen LogP contribution in [0.4, 0.5) is 0 Å². The summed E-state index contributed by atoms with van der Waals surface area (Å²) < 4.78 is 5.22. The van der Waals surface area contributed by atoms with E-state index < -0.39 is 5.41 Å². The van der Waals surface area contributed by atoms with Crippen LogP contribution in [0.5, 0.6) is 0 Å². The highest BCUT2D eigenvalue weighted by Crippen LogP contribution is 2.30. The van der Waals surface area contributed by atoms with E-state index in [1.54, 1.807) is 6.20 Å². The van der Waals surface area contributed by atoms with Crippen molar-refractivity contribution in [3.05, 3.63) is 29.6 Å². The fraction of sp³-hybridized carbons (Fsp3) is 0.600. The van der Waals surface area contributed by atoms with Crippen LogP contribution in [-0.2, 0) is 16.0 Å². The van der Waals surface area contributed by atoms with Gasteiger partial charge in [0.1, 0.15) is 0 Å². The molecule has 0 aliphatic carbocycles. The Labute approximate surface area is 115 Å². The minimum absolute atomic E-state index is 0.204. The minimum Gasteiger partial charge on any atom is -0.466 e. The summed E-state index contributed by atoms with van der Waals surface area (Å²) in [6.07, 6.45) is 3.91. The van der Waals surface area contributed by atoms with Crippen LogP contribution in [0.25, 0.3) is 0 Å². The van der Waals surface area contributed by atoms with E-state index in [1.165, 1.54) is 0 Å². The predicted molar refractivity (Wildman–Crippen MR) is 75.7 cm³/mol. The summed E-state index contributed by atoms with van der Waals surface area (Å²) in [6.45, 7) is 6.54. The molecule has 1 atom stereocenters. The lowest BCUT2D eigenvalue weighted by molar-refractivity contribution is -0.155. The molecule has 4 nitrogen and oxygen atoms in total. The molecule has 19 heavy (non-hydrogen) atoms. The second-order valence-electron chi connectivity index (χ2n) is 4.90. The van der Waals surface area contributed by atoms with Gasteiger partial charge >= 0.3 is 5.97 Å². The molecule has 0 spiro atoms. The van der Waals surface area contributed by atoms with E-state index >= 15 is 0 Å². The Kier molecular flexibility index (Phi) is 5.96. The van der Waals surface area contributed by atoms with Gasteiger partial charge in [-0.25, -0.2) is 0 Å². The largest absolute Gasteiger partial charge is 0.466 e. The molecule has 1 unspecified atom stereocenters. The number of pyridine rings is 1. The van der Waals surface area contributed by atoms with Gasteiger partial charge in [0, 0.05) is 24.9 Å². The average molecular weight is 264 g/mol. The van der Waals surface area contributed by atoms with Gasteiger partial charge in [0.05, 0.1) is 12.0 Å². The molecule has 1 aromatic heterocycles. The number of esters is 1. The number of nitrogens with zero attached hydrogens (tertiary/aromatic N) is 1. The maximum atomic E-state index is 12.3. The van der Waals surface area contributed by atoms with Crippen LogP contribution in [-0.4, -0.2) is 24.1 Å². The number of hydrogen-bond donors (Lipinski definition) is 1. The van der Waals surface area contributed by atoms with Gasteiger partial charge in [0.25, 0.3) is 0 Å². The van der Waals surface area contributed by atoms with Crippen LogP contribution in [0.15, 0.2) is 18.3 Å². The molecular formula is C15H24N2O2. The lowest BCUT2D eigenvalue weighted by Crippen LogP contribution is -2.42. The number of aromatic nitrogens is 1. The number of ether oxygens (including phenoxy) is 1. The number of aryl methyl sites for hydroxylation is 1. The van der Waals surface area contributed by atoms with Crippen molar-refractivity contribution in [2.75, 3.05) is 13.2 Å². The molecule has 0 fully saturated rings. The van der Waals surface area contributed by atoms with Crippen LogP contribution >= 0.6 is 0 Å². The van der Waals surface area contributed by atoms with Gasteiger partial charge in [0.2, 0.25) is 0 Å². The van der Waals surface area contributed by atoms with Crippen LogP contribution in [0.1, 0.15) is 37.9 Å². The van der Waals surface area contributed by atoms with Gasteiger partial charge in [-0.05, 0) is 31.9 Å². The van der Waals surface area contributed by atoms with Crippen molar-refractivity contribution in [3.8, 4) is 0 Å². The molecule has 1 aromatic rings. The zero-order chi connectivity index (χ0) is 14.3. The SMILES string of the molecule is CCCC(CN)(Cc1ncccc1C)C(=O)OCC. The monoisotopic (exact) mass is 264 g/mol. The molecule has 1 rings (SSSR count). The highest BCUT2D eigenvalue weighted by atomic mass is 16.5. The van der Waals surface area contributed by atoms with Crippen LogP contribution in [0, 0.1) is 12.3 Å². The Morgan fingerprint density at radius 3 is 2.74 bits per heavy atom. The lowest BCUT2D eigenvalue weighted by Gasteiger charge is -2.30. The summed E-state index contributed by atoms with van der Waals surface area (Å²) in [7, 11) is 0. The Balaban J connectivity index is 3.03. The van der Waals surface area contributed by atoms with Crippen molar-refractivity contribution >= 4 is 5.97 Å². The third-order valence-corrected chi connectivity index (χ3v) is 3.45. The Morgan fingerprint density at radius 2 is 2.21 bits per heavy atom. The van der Waals surface area contributed by atoms with E-state index in [0.29, 0.717) is 13.0 Å². The Hall–Kier alpha value is -1.42. The third kappa shape index (κ3) is 3.77. The molecule has 106 valence electrons. The second-order valence-corrected chi connectivity index (χ2v) is 4.90. The van der Waals surface area contributed by atoms with E-state index in [-0.39, 0.29) is 12.5 Å².